The Morgan fingerprint density at radius 1 is 1.09 bits per heavy atom. The van der Waals surface area contributed by atoms with Crippen LogP contribution < -0.4 is 10.0 Å². The number of esters is 1. The zero-order valence-electron chi connectivity index (χ0n) is 19.3. The molecule has 2 N–H and O–H groups in total. The maximum atomic E-state index is 13.3. The summed E-state index contributed by atoms with van der Waals surface area (Å²) in [5, 5.41) is 4.34. The fourth-order valence-corrected chi connectivity index (χ4v) is 5.69. The smallest absolute Gasteiger partial charge is 0.342 e. The Labute approximate surface area is 202 Å². The first-order valence-electron chi connectivity index (χ1n) is 11.4. The number of fused-ring (bicyclic) bond motifs is 1. The van der Waals surface area contributed by atoms with Crippen LogP contribution in [0.3, 0.4) is 0 Å². The Morgan fingerprint density at radius 2 is 1.91 bits per heavy atom. The lowest BCUT2D eigenvalue weighted by Gasteiger charge is -2.11. The lowest BCUT2D eigenvalue weighted by Crippen LogP contribution is -2.13. The van der Waals surface area contributed by atoms with Gasteiger partial charge in [0, 0.05) is 33.5 Å². The number of anilines is 2. The number of aryl methyl sites for hydroxylation is 1. The van der Waals surface area contributed by atoms with E-state index in [0.29, 0.717) is 50.9 Å². The number of unbranched alkanes of at least 4 members (excludes halogenated alkanes) is 2. The van der Waals surface area contributed by atoms with Gasteiger partial charge in [-0.3, -0.25) is 9.52 Å². The van der Waals surface area contributed by atoms with Gasteiger partial charge in [-0.05, 0) is 43.7 Å². The maximum Gasteiger partial charge on any atom is 0.342 e. The predicted molar refractivity (Wildman–Crippen MR) is 133 cm³/mol. The van der Waals surface area contributed by atoms with Crippen LogP contribution in [-0.4, -0.2) is 26.9 Å². The van der Waals surface area contributed by atoms with Gasteiger partial charge in [-0.1, -0.05) is 31.9 Å². The van der Waals surface area contributed by atoms with Gasteiger partial charge >= 0.3 is 5.97 Å². The van der Waals surface area contributed by atoms with E-state index >= 15 is 0 Å². The van der Waals surface area contributed by atoms with Crippen molar-refractivity contribution in [2.24, 2.45) is 0 Å². The van der Waals surface area contributed by atoms with E-state index in [0.717, 1.165) is 19.3 Å². The van der Waals surface area contributed by atoms with Gasteiger partial charge in [0.1, 0.15) is 16.9 Å². The topological polar surface area (TPSA) is 115 Å². The average Bonchev–Trinajstić information content (AvgIpc) is 3.33. The Morgan fingerprint density at radius 3 is 2.71 bits per heavy atom. The van der Waals surface area contributed by atoms with Gasteiger partial charge in [0.25, 0.3) is 15.9 Å². The molecule has 3 aromatic carbocycles. The number of hydrogen-bond donors (Lipinski definition) is 2. The third kappa shape index (κ3) is 4.01. The summed E-state index contributed by atoms with van der Waals surface area (Å²) >= 11 is 0. The van der Waals surface area contributed by atoms with E-state index in [2.05, 4.69) is 17.0 Å². The Hall–Kier alpha value is -3.85. The normalized spacial score (nSPS) is 12.8. The Balaban J connectivity index is 1.45. The van der Waals surface area contributed by atoms with E-state index in [1.807, 2.05) is 0 Å². The molecule has 0 saturated heterocycles. The molecule has 0 fully saturated rings. The molecule has 180 valence electrons. The van der Waals surface area contributed by atoms with Crippen LogP contribution in [0.4, 0.5) is 11.4 Å². The van der Waals surface area contributed by atoms with Crippen LogP contribution >= 0.6 is 0 Å². The first-order chi connectivity index (χ1) is 16.8. The number of rotatable bonds is 8. The Kier molecular flexibility index (Phi) is 5.72. The van der Waals surface area contributed by atoms with Crippen LogP contribution in [0.15, 0.2) is 57.8 Å². The number of furan rings is 1. The van der Waals surface area contributed by atoms with E-state index in [-0.39, 0.29) is 16.5 Å². The maximum absolute atomic E-state index is 13.3. The van der Waals surface area contributed by atoms with Crippen LogP contribution in [0.25, 0.3) is 21.7 Å². The van der Waals surface area contributed by atoms with Crippen molar-refractivity contribution in [1.82, 2.24) is 0 Å². The van der Waals surface area contributed by atoms with Crippen molar-refractivity contribution >= 4 is 55.0 Å². The van der Waals surface area contributed by atoms with E-state index in [1.165, 1.54) is 6.07 Å². The third-order valence-corrected chi connectivity index (χ3v) is 7.53. The van der Waals surface area contributed by atoms with Crippen LogP contribution in [0.1, 0.15) is 52.7 Å². The fraction of sp³-hybridized carbons (Fsp3) is 0.231. The molecule has 1 aliphatic rings. The number of nitrogens with one attached hydrogen (secondary N) is 2. The summed E-state index contributed by atoms with van der Waals surface area (Å²) in [5.41, 5.74) is 2.03. The summed E-state index contributed by atoms with van der Waals surface area (Å²) in [7, 11) is -3.99. The highest BCUT2D eigenvalue weighted by Gasteiger charge is 2.27. The highest BCUT2D eigenvalue weighted by Crippen LogP contribution is 2.37. The zero-order chi connectivity index (χ0) is 24.7. The molecule has 0 atom stereocenters. The summed E-state index contributed by atoms with van der Waals surface area (Å²) < 4.78 is 40.3. The van der Waals surface area contributed by atoms with E-state index in [9.17, 15) is 18.0 Å². The molecule has 0 radical (unpaired) electrons. The van der Waals surface area contributed by atoms with Crippen LogP contribution in [0, 0.1) is 6.92 Å². The molecule has 9 heteroatoms. The van der Waals surface area contributed by atoms with Crippen molar-refractivity contribution < 1.29 is 27.2 Å². The molecule has 1 aromatic heterocycles. The van der Waals surface area contributed by atoms with E-state index in [4.69, 9.17) is 9.15 Å². The molecule has 5 rings (SSSR count). The van der Waals surface area contributed by atoms with E-state index < -0.39 is 16.0 Å². The Bertz CT molecular complexity index is 1600. The van der Waals surface area contributed by atoms with Gasteiger partial charge < -0.3 is 14.5 Å². The molecule has 0 saturated carbocycles. The summed E-state index contributed by atoms with van der Waals surface area (Å²) in [4.78, 5) is 24.8. The highest BCUT2D eigenvalue weighted by molar-refractivity contribution is 7.93. The van der Waals surface area contributed by atoms with Crippen molar-refractivity contribution in [2.45, 2.75) is 38.0 Å². The zero-order valence-corrected chi connectivity index (χ0v) is 20.1. The first-order valence-corrected chi connectivity index (χ1v) is 12.9. The van der Waals surface area contributed by atoms with Crippen molar-refractivity contribution in [3.63, 3.8) is 0 Å². The van der Waals surface area contributed by atoms with Gasteiger partial charge in [0.05, 0.1) is 17.2 Å². The quantitative estimate of drug-likeness (QED) is 0.244. The van der Waals surface area contributed by atoms with Crippen molar-refractivity contribution in [1.29, 1.82) is 0 Å². The minimum absolute atomic E-state index is 0.0571. The van der Waals surface area contributed by atoms with Gasteiger partial charge in [0.2, 0.25) is 0 Å². The van der Waals surface area contributed by atoms with Crippen LogP contribution in [0.2, 0.25) is 0 Å². The highest BCUT2D eigenvalue weighted by atomic mass is 32.2. The third-order valence-electron chi connectivity index (χ3n) is 6.09. The lowest BCUT2D eigenvalue weighted by molar-refractivity contribution is 0.0498. The molecule has 4 aromatic rings. The number of carbonyl (C=O) groups is 2. The number of amides is 1. The standard InChI is InChI=1S/C26H24N2O6S/c1-3-4-5-13-33-26(30)23-15(2)34-21-14-16(9-10-17(21)23)28-35(31,32)22-12-11-20-24-18(22)7-6-8-19(24)25(29)27-20/h6-12,14,28H,3-5,13H2,1-2H3,(H,27,29). The fourth-order valence-electron chi connectivity index (χ4n) is 4.43. The number of hydrogen-bond acceptors (Lipinski definition) is 6. The van der Waals surface area contributed by atoms with Gasteiger partial charge in [0.15, 0.2) is 0 Å². The summed E-state index contributed by atoms with van der Waals surface area (Å²) in [6.07, 6.45) is 2.80. The summed E-state index contributed by atoms with van der Waals surface area (Å²) in [6, 6.07) is 12.8. The van der Waals surface area contributed by atoms with Gasteiger partial charge in [-0.2, -0.15) is 0 Å². The van der Waals surface area contributed by atoms with Crippen molar-refractivity contribution in [3.8, 4) is 0 Å². The second-order valence-electron chi connectivity index (χ2n) is 8.49. The molecular formula is C26H24N2O6S. The summed E-state index contributed by atoms with van der Waals surface area (Å²) in [5.74, 6) is -0.307. The molecule has 35 heavy (non-hydrogen) atoms. The molecule has 8 nitrogen and oxygen atoms in total. The minimum atomic E-state index is -3.99. The van der Waals surface area contributed by atoms with Gasteiger partial charge in [-0.15, -0.1) is 0 Å². The van der Waals surface area contributed by atoms with E-state index in [1.54, 1.807) is 49.4 Å². The SMILES string of the molecule is CCCCCOC(=O)c1c(C)oc2cc(NS(=O)(=O)c3ccc4c5c(cccc35)C(=O)N4)ccc12. The minimum Gasteiger partial charge on any atom is -0.462 e. The van der Waals surface area contributed by atoms with Crippen molar-refractivity contribution in [3.05, 3.63) is 65.4 Å². The average molecular weight is 493 g/mol. The molecule has 0 bridgehead atoms. The largest absolute Gasteiger partial charge is 0.462 e. The monoisotopic (exact) mass is 492 g/mol. The lowest BCUT2D eigenvalue weighted by atomic mass is 10.1. The molecule has 2 heterocycles. The molecule has 0 unspecified atom stereocenters. The molecule has 0 spiro atoms. The molecular weight excluding hydrogens is 468 g/mol. The summed E-state index contributed by atoms with van der Waals surface area (Å²) in [6.45, 7) is 4.09. The molecule has 1 amide bonds. The second kappa shape index (κ2) is 8.74. The number of carbonyl (C=O) groups excluding carboxylic acids is 2. The van der Waals surface area contributed by atoms with Crippen LogP contribution in [-0.2, 0) is 14.8 Å². The second-order valence-corrected chi connectivity index (χ2v) is 10.1. The first kappa shape index (κ1) is 22.9. The number of benzene rings is 3. The molecule has 0 aliphatic carbocycles. The number of sulfonamides is 1. The van der Waals surface area contributed by atoms with Gasteiger partial charge in [-0.25, -0.2) is 13.2 Å². The predicted octanol–water partition coefficient (Wildman–Crippen LogP) is 5.61. The van der Waals surface area contributed by atoms with Crippen LogP contribution in [0.5, 0.6) is 0 Å². The van der Waals surface area contributed by atoms with Crippen molar-refractivity contribution in [2.75, 3.05) is 16.6 Å². The molecule has 1 aliphatic heterocycles. The number of ether oxygens (including phenoxy) is 1.